The number of hydrogen-bond acceptors (Lipinski definition) is 5. The SMILES string of the molecule is CC(=O)O.O=[N+]([O-])[Ag]([c]1ccccc1)[N+](=O)[O-]. The number of benzene rings is 1. The van der Waals surface area contributed by atoms with Crippen LogP contribution in [-0.4, -0.2) is 17.7 Å². The number of hydrogen-bond donors (Lipinski definition) is 1. The van der Waals surface area contributed by atoms with Crippen molar-refractivity contribution in [1.82, 2.24) is 0 Å². The summed E-state index contributed by atoms with van der Waals surface area (Å²) in [6.45, 7) is 1.08. The van der Waals surface area contributed by atoms with E-state index in [4.69, 9.17) is 9.90 Å². The normalized spacial score (nSPS) is 9.59. The Kier molecular flexibility index (Phi) is 6.71. The van der Waals surface area contributed by atoms with E-state index in [2.05, 4.69) is 0 Å². The molecule has 1 N–H and O–H groups in total. The van der Waals surface area contributed by atoms with E-state index < -0.39 is 31.6 Å². The van der Waals surface area contributed by atoms with Gasteiger partial charge in [-0.15, -0.1) is 0 Å². The van der Waals surface area contributed by atoms with Crippen LogP contribution in [0.3, 0.4) is 0 Å². The van der Waals surface area contributed by atoms with E-state index in [1.54, 1.807) is 18.2 Å². The Labute approximate surface area is 103 Å². The molecule has 0 fully saturated rings. The first-order valence-electron chi connectivity index (χ1n) is 3.99. The molecule has 0 aromatic heterocycles. The van der Waals surface area contributed by atoms with Gasteiger partial charge in [-0.1, -0.05) is 0 Å². The zero-order valence-electron chi connectivity index (χ0n) is 8.57. The molecule has 1 aromatic carbocycles. The first-order chi connectivity index (χ1) is 7.86. The molecule has 0 radical (unpaired) electrons. The second-order valence-electron chi connectivity index (χ2n) is 2.33. The summed E-state index contributed by atoms with van der Waals surface area (Å²) in [6, 6.07) is 7.56. The van der Waals surface area contributed by atoms with Gasteiger partial charge < -0.3 is 5.11 Å². The molecule has 0 spiro atoms. The number of aliphatic carboxylic acids is 1. The van der Waals surface area contributed by atoms with E-state index in [0.29, 0.717) is 0 Å². The van der Waals surface area contributed by atoms with Crippen LogP contribution in [0.4, 0.5) is 0 Å². The van der Waals surface area contributed by atoms with Gasteiger partial charge in [0.15, 0.2) is 0 Å². The summed E-state index contributed by atoms with van der Waals surface area (Å²) < 4.78 is -1.45. The van der Waals surface area contributed by atoms with E-state index in [-0.39, 0.29) is 3.78 Å². The van der Waals surface area contributed by atoms with Gasteiger partial charge in [0.25, 0.3) is 5.97 Å². The molecule has 0 atom stereocenters. The predicted molar refractivity (Wildman–Crippen MR) is 53.4 cm³/mol. The van der Waals surface area contributed by atoms with Crippen LogP contribution in [-0.2, 0) is 23.8 Å². The van der Waals surface area contributed by atoms with E-state index in [9.17, 15) is 20.2 Å². The minimum absolute atomic E-state index is 0.184. The Bertz CT molecular complexity index is 392. The topological polar surface area (TPSA) is 124 Å². The maximum atomic E-state index is 10.4. The molecule has 8 nitrogen and oxygen atoms in total. The third-order valence-corrected chi connectivity index (χ3v) is 3.36. The second kappa shape index (κ2) is 7.49. The number of carbonyl (C=O) groups is 1. The van der Waals surface area contributed by atoms with Gasteiger partial charge >= 0.3 is 80.0 Å². The molecule has 0 bridgehead atoms. The van der Waals surface area contributed by atoms with Crippen molar-refractivity contribution in [3.8, 4) is 0 Å². The number of carboxylic acids is 1. The molecule has 98 valence electrons. The Morgan fingerprint density at radius 3 is 1.82 bits per heavy atom. The third-order valence-electron chi connectivity index (χ3n) is 1.07. The van der Waals surface area contributed by atoms with Gasteiger partial charge in [-0.3, -0.25) is 4.79 Å². The van der Waals surface area contributed by atoms with Crippen LogP contribution in [0.25, 0.3) is 0 Å². The molecule has 9 heteroatoms. The summed E-state index contributed by atoms with van der Waals surface area (Å²) in [5.74, 6) is -0.833. The quantitative estimate of drug-likeness (QED) is 0.484. The molecular weight excluding hydrogens is 328 g/mol. The van der Waals surface area contributed by atoms with Gasteiger partial charge in [-0.05, 0) is 0 Å². The van der Waals surface area contributed by atoms with Crippen molar-refractivity contribution in [2.45, 2.75) is 6.92 Å². The summed E-state index contributed by atoms with van der Waals surface area (Å²) in [5, 5.41) is 28.1. The van der Waals surface area contributed by atoms with Gasteiger partial charge in [-0.25, -0.2) is 0 Å². The molecule has 0 saturated carbocycles. The number of carboxylic acid groups (broad SMARTS) is 1. The fourth-order valence-corrected chi connectivity index (χ4v) is 2.21. The molecule has 0 heterocycles. The molecule has 0 aliphatic carbocycles. The standard InChI is InChI=1S/C6H5.C2H4O2.Ag.2NO2/c1-2-4-6-5-3-1;1-2(3)4;;2*2-1-3/h1-5H;1H3,(H,3,4);;;. The van der Waals surface area contributed by atoms with Crippen LogP contribution in [0.1, 0.15) is 6.92 Å². The Balaban J connectivity index is 0.000000557. The van der Waals surface area contributed by atoms with Crippen molar-refractivity contribution in [2.75, 3.05) is 0 Å². The van der Waals surface area contributed by atoms with Crippen molar-refractivity contribution in [2.24, 2.45) is 0 Å². The monoisotopic (exact) mass is 336 g/mol. The average molecular weight is 337 g/mol. The summed E-state index contributed by atoms with van der Waals surface area (Å²) in [5.41, 5.74) is 0. The van der Waals surface area contributed by atoms with E-state index in [0.717, 1.165) is 6.92 Å². The van der Waals surface area contributed by atoms with Gasteiger partial charge in [0.2, 0.25) is 0 Å². The van der Waals surface area contributed by atoms with Crippen molar-refractivity contribution >= 4 is 9.75 Å². The van der Waals surface area contributed by atoms with Gasteiger partial charge in [0, 0.05) is 6.92 Å². The van der Waals surface area contributed by atoms with Crippen molar-refractivity contribution in [3.05, 3.63) is 50.6 Å². The number of nitrogens with zero attached hydrogens (tertiary/aromatic N) is 2. The van der Waals surface area contributed by atoms with E-state index >= 15 is 0 Å². The van der Waals surface area contributed by atoms with E-state index in [1.165, 1.54) is 12.1 Å². The molecule has 0 amide bonds. The molecular formula is C8H9AgN2O6. The van der Waals surface area contributed by atoms with Gasteiger partial charge in [0.1, 0.15) is 0 Å². The summed E-state index contributed by atoms with van der Waals surface area (Å²) in [7, 11) is 0. The van der Waals surface area contributed by atoms with Gasteiger partial charge in [-0.2, -0.15) is 0 Å². The third kappa shape index (κ3) is 6.40. The molecule has 0 aliphatic rings. The Morgan fingerprint density at radius 2 is 1.53 bits per heavy atom. The maximum absolute atomic E-state index is 10.4. The first-order valence-corrected chi connectivity index (χ1v) is 6.06. The summed E-state index contributed by atoms with van der Waals surface area (Å²) in [4.78, 5) is 29.7. The van der Waals surface area contributed by atoms with Crippen LogP contribution < -0.4 is 3.78 Å². The number of nitro groups is 2. The molecule has 1 rings (SSSR count). The zero-order chi connectivity index (χ0) is 13.4. The molecule has 0 saturated heterocycles. The fraction of sp³-hybridized carbons (Fsp3) is 0.125. The van der Waals surface area contributed by atoms with Crippen molar-refractivity contribution in [1.29, 1.82) is 0 Å². The van der Waals surface area contributed by atoms with Crippen LogP contribution >= 0.6 is 0 Å². The molecule has 0 aliphatic heterocycles. The average Bonchev–Trinajstić information content (AvgIpc) is 2.17. The fourth-order valence-electron chi connectivity index (χ4n) is 0.657. The van der Waals surface area contributed by atoms with Crippen LogP contribution in [0.2, 0.25) is 0 Å². The van der Waals surface area contributed by atoms with Crippen molar-refractivity contribution < 1.29 is 35.5 Å². The second-order valence-corrected chi connectivity index (χ2v) is 5.23. The molecule has 17 heavy (non-hydrogen) atoms. The van der Waals surface area contributed by atoms with Crippen molar-refractivity contribution in [3.63, 3.8) is 0 Å². The van der Waals surface area contributed by atoms with Crippen LogP contribution in [0.5, 0.6) is 0 Å². The minimum atomic E-state index is -2.93. The Hall–Kier alpha value is -1.77. The van der Waals surface area contributed by atoms with Gasteiger partial charge in [0.05, 0.1) is 0 Å². The Morgan fingerprint density at radius 1 is 1.18 bits per heavy atom. The predicted octanol–water partition coefficient (Wildman–Crippen LogP) is 0.404. The summed E-state index contributed by atoms with van der Waals surface area (Å²) >= 11 is -2.93. The molecule has 0 unspecified atom stereocenters. The zero-order valence-corrected chi connectivity index (χ0v) is 10.1. The van der Waals surface area contributed by atoms with Crippen LogP contribution in [0, 0.1) is 20.2 Å². The molecule has 1 aromatic rings. The van der Waals surface area contributed by atoms with Crippen LogP contribution in [0.15, 0.2) is 30.3 Å². The van der Waals surface area contributed by atoms with E-state index in [1.807, 2.05) is 0 Å². The first kappa shape index (κ1) is 15.2. The number of rotatable bonds is 3. The summed E-state index contributed by atoms with van der Waals surface area (Å²) in [6.07, 6.45) is 0.